The van der Waals surface area contributed by atoms with Crippen LogP contribution in [0.15, 0.2) is 17.2 Å². The van der Waals surface area contributed by atoms with Crippen LogP contribution in [0.2, 0.25) is 0 Å². The zero-order valence-electron chi connectivity index (χ0n) is 6.91. The molecule has 1 heterocycles. The van der Waals surface area contributed by atoms with E-state index in [1.807, 2.05) is 0 Å². The summed E-state index contributed by atoms with van der Waals surface area (Å²) in [4.78, 5) is 26.2. The van der Waals surface area contributed by atoms with E-state index in [9.17, 15) is 14.7 Å². The van der Waals surface area contributed by atoms with E-state index in [0.29, 0.717) is 0 Å². The first-order valence-corrected chi connectivity index (χ1v) is 3.66. The minimum Gasteiger partial charge on any atom is -0.479 e. The molecule has 0 aliphatic carbocycles. The lowest BCUT2D eigenvalue weighted by Crippen LogP contribution is -2.28. The first kappa shape index (κ1) is 10.4. The molecule has 1 aromatic heterocycles. The molecular weight excluding hydrogens is 192 g/mol. The van der Waals surface area contributed by atoms with Crippen molar-refractivity contribution in [2.75, 3.05) is 0 Å². The summed E-state index contributed by atoms with van der Waals surface area (Å²) in [6.07, 6.45) is -1.47. The van der Waals surface area contributed by atoms with Crippen molar-refractivity contribution in [1.82, 2.24) is 9.97 Å². The Kier molecular flexibility index (Phi) is 2.95. The van der Waals surface area contributed by atoms with E-state index in [1.54, 1.807) is 0 Å². The second kappa shape index (κ2) is 3.99. The lowest BCUT2D eigenvalue weighted by molar-refractivity contribution is -0.153. The van der Waals surface area contributed by atoms with Crippen LogP contribution >= 0.6 is 0 Å². The monoisotopic (exact) mass is 200 g/mol. The summed E-state index contributed by atoms with van der Waals surface area (Å²) in [5.74, 6) is -1.55. The van der Waals surface area contributed by atoms with Crippen LogP contribution in [-0.2, 0) is 4.79 Å². The molecule has 2 atom stereocenters. The van der Waals surface area contributed by atoms with Gasteiger partial charge in [0.2, 0.25) is 0 Å². The molecule has 14 heavy (non-hydrogen) atoms. The normalized spacial score (nSPS) is 14.7. The van der Waals surface area contributed by atoms with Crippen molar-refractivity contribution in [3.63, 3.8) is 0 Å². The third kappa shape index (κ3) is 2.15. The van der Waals surface area contributed by atoms with E-state index >= 15 is 0 Å². The fourth-order valence-corrected chi connectivity index (χ4v) is 0.832. The number of carboxylic acid groups (broad SMARTS) is 1. The van der Waals surface area contributed by atoms with E-state index in [0.717, 1.165) is 12.4 Å². The maximum Gasteiger partial charge on any atom is 0.344 e. The third-order valence-electron chi connectivity index (χ3n) is 1.59. The molecule has 0 aliphatic heterocycles. The molecule has 0 spiro atoms. The molecule has 0 aromatic carbocycles. The summed E-state index contributed by atoms with van der Waals surface area (Å²) < 4.78 is 0. The number of aliphatic hydroxyl groups excluding tert-OH is 2. The Morgan fingerprint density at radius 3 is 2.57 bits per heavy atom. The van der Waals surface area contributed by atoms with Gasteiger partial charge in [-0.3, -0.25) is 0 Å². The first-order chi connectivity index (χ1) is 6.52. The van der Waals surface area contributed by atoms with Crippen molar-refractivity contribution < 1.29 is 20.1 Å². The van der Waals surface area contributed by atoms with Crippen molar-refractivity contribution in [2.24, 2.45) is 0 Å². The topological polar surface area (TPSA) is 124 Å². The van der Waals surface area contributed by atoms with Gasteiger partial charge in [-0.05, 0) is 0 Å². The molecule has 76 valence electrons. The van der Waals surface area contributed by atoms with Gasteiger partial charge < -0.3 is 20.3 Å². The molecule has 7 nitrogen and oxygen atoms in total. The van der Waals surface area contributed by atoms with E-state index in [4.69, 9.17) is 10.2 Å². The van der Waals surface area contributed by atoms with Crippen molar-refractivity contribution in [3.8, 4) is 0 Å². The summed E-state index contributed by atoms with van der Waals surface area (Å²) in [6, 6.07) is 0. The van der Waals surface area contributed by atoms with Crippen molar-refractivity contribution >= 4 is 5.97 Å². The number of aliphatic hydroxyl groups is 2. The SMILES string of the molecule is O=C(O)C(O)C(O)c1cnc(=O)[nH]c1. The van der Waals surface area contributed by atoms with Gasteiger partial charge in [0.05, 0.1) is 0 Å². The molecule has 0 amide bonds. The van der Waals surface area contributed by atoms with Crippen LogP contribution in [-0.4, -0.2) is 37.4 Å². The van der Waals surface area contributed by atoms with Crippen molar-refractivity contribution in [2.45, 2.75) is 12.2 Å². The number of hydrogen-bond donors (Lipinski definition) is 4. The molecule has 0 aliphatic rings. The van der Waals surface area contributed by atoms with Gasteiger partial charge in [0.1, 0.15) is 6.10 Å². The summed E-state index contributed by atoms with van der Waals surface area (Å²) in [7, 11) is 0. The maximum absolute atomic E-state index is 10.5. The molecule has 1 aromatic rings. The van der Waals surface area contributed by atoms with Gasteiger partial charge in [-0.15, -0.1) is 0 Å². The van der Waals surface area contributed by atoms with E-state index in [1.165, 1.54) is 0 Å². The van der Waals surface area contributed by atoms with Gasteiger partial charge in [-0.2, -0.15) is 0 Å². The van der Waals surface area contributed by atoms with Crippen molar-refractivity contribution in [3.05, 3.63) is 28.4 Å². The number of nitrogens with one attached hydrogen (secondary N) is 1. The van der Waals surface area contributed by atoms with Gasteiger partial charge in [0.15, 0.2) is 6.10 Å². The molecule has 0 bridgehead atoms. The maximum atomic E-state index is 10.5. The van der Waals surface area contributed by atoms with Crippen LogP contribution in [0.3, 0.4) is 0 Å². The minimum absolute atomic E-state index is 0.0273. The molecule has 0 saturated heterocycles. The number of carbonyl (C=O) groups is 1. The zero-order valence-corrected chi connectivity index (χ0v) is 6.91. The largest absolute Gasteiger partial charge is 0.479 e. The summed E-state index contributed by atoms with van der Waals surface area (Å²) >= 11 is 0. The predicted molar refractivity (Wildman–Crippen MR) is 43.5 cm³/mol. The minimum atomic E-state index is -1.94. The molecule has 2 unspecified atom stereocenters. The number of aromatic nitrogens is 2. The highest BCUT2D eigenvalue weighted by Crippen LogP contribution is 2.13. The molecule has 0 fully saturated rings. The highest BCUT2D eigenvalue weighted by atomic mass is 16.4. The number of aliphatic carboxylic acids is 1. The van der Waals surface area contributed by atoms with Crippen LogP contribution < -0.4 is 5.69 Å². The Labute approximate surface area is 77.7 Å². The van der Waals surface area contributed by atoms with Crippen LogP contribution in [0.5, 0.6) is 0 Å². The van der Waals surface area contributed by atoms with E-state index in [-0.39, 0.29) is 5.56 Å². The Hall–Kier alpha value is -1.73. The summed E-state index contributed by atoms with van der Waals surface area (Å²) in [5, 5.41) is 26.6. The van der Waals surface area contributed by atoms with E-state index < -0.39 is 23.9 Å². The fourth-order valence-electron chi connectivity index (χ4n) is 0.832. The Bertz CT molecular complexity index is 367. The predicted octanol–water partition coefficient (Wildman–Crippen LogP) is -1.75. The highest BCUT2D eigenvalue weighted by Gasteiger charge is 2.25. The lowest BCUT2D eigenvalue weighted by atomic mass is 10.1. The third-order valence-corrected chi connectivity index (χ3v) is 1.59. The van der Waals surface area contributed by atoms with Crippen LogP contribution in [0, 0.1) is 0 Å². The van der Waals surface area contributed by atoms with Gasteiger partial charge in [0, 0.05) is 18.0 Å². The summed E-state index contributed by atoms with van der Waals surface area (Å²) in [6.45, 7) is 0. The number of hydrogen-bond acceptors (Lipinski definition) is 5. The second-order valence-corrected chi connectivity index (χ2v) is 2.58. The van der Waals surface area contributed by atoms with Crippen LogP contribution in [0.1, 0.15) is 11.7 Å². The van der Waals surface area contributed by atoms with Crippen LogP contribution in [0.25, 0.3) is 0 Å². The Morgan fingerprint density at radius 2 is 2.14 bits per heavy atom. The lowest BCUT2D eigenvalue weighted by Gasteiger charge is -2.12. The quantitative estimate of drug-likeness (QED) is 0.458. The molecule has 0 radical (unpaired) electrons. The Morgan fingerprint density at radius 1 is 1.50 bits per heavy atom. The molecule has 7 heteroatoms. The number of H-pyrrole nitrogens is 1. The van der Waals surface area contributed by atoms with Gasteiger partial charge >= 0.3 is 11.7 Å². The van der Waals surface area contributed by atoms with Gasteiger partial charge in [0.25, 0.3) is 0 Å². The van der Waals surface area contributed by atoms with Gasteiger partial charge in [-0.25, -0.2) is 14.6 Å². The number of aromatic amines is 1. The van der Waals surface area contributed by atoms with Crippen molar-refractivity contribution in [1.29, 1.82) is 0 Å². The highest BCUT2D eigenvalue weighted by molar-refractivity contribution is 5.72. The fraction of sp³-hybridized carbons (Fsp3) is 0.286. The zero-order chi connectivity index (χ0) is 10.7. The number of carboxylic acids is 1. The van der Waals surface area contributed by atoms with E-state index in [2.05, 4.69) is 9.97 Å². The average molecular weight is 200 g/mol. The standard InChI is InChI=1S/C7H8N2O5/c10-4(5(11)6(12)13)3-1-8-7(14)9-2-3/h1-2,4-5,10-11H,(H,12,13)(H,8,9,14). The Balaban J connectivity index is 2.89. The first-order valence-electron chi connectivity index (χ1n) is 3.66. The number of nitrogens with zero attached hydrogens (tertiary/aromatic N) is 1. The van der Waals surface area contributed by atoms with Gasteiger partial charge in [-0.1, -0.05) is 0 Å². The molecular formula is C7H8N2O5. The molecule has 1 rings (SSSR count). The smallest absolute Gasteiger partial charge is 0.344 e. The number of rotatable bonds is 3. The average Bonchev–Trinajstić information content (AvgIpc) is 2.16. The summed E-state index contributed by atoms with van der Waals surface area (Å²) in [5.41, 5.74) is -0.592. The van der Waals surface area contributed by atoms with Crippen LogP contribution in [0.4, 0.5) is 0 Å². The second-order valence-electron chi connectivity index (χ2n) is 2.58. The molecule has 0 saturated carbocycles. The molecule has 4 N–H and O–H groups in total.